The highest BCUT2D eigenvalue weighted by molar-refractivity contribution is 4.74. The topological polar surface area (TPSA) is 101 Å². The van der Waals surface area contributed by atoms with Crippen LogP contribution in [0.5, 0.6) is 0 Å². The van der Waals surface area contributed by atoms with Crippen LogP contribution in [0.2, 0.25) is 0 Å². The molecule has 0 heterocycles. The molecule has 0 rings (SSSR count). The lowest BCUT2D eigenvalue weighted by molar-refractivity contribution is 0.00304. The Bertz CT molecular complexity index is 104. The first-order chi connectivity index (χ1) is 7.57. The van der Waals surface area contributed by atoms with Gasteiger partial charge in [-0.05, 0) is 13.3 Å². The molecule has 0 saturated carbocycles. The lowest BCUT2D eigenvalue weighted by Gasteiger charge is -2.24. The van der Waals surface area contributed by atoms with Crippen molar-refractivity contribution < 1.29 is 25.5 Å². The minimum absolute atomic E-state index is 0.125. The maximum absolute atomic E-state index is 8.66. The Morgan fingerprint density at radius 2 is 1.19 bits per heavy atom. The summed E-state index contributed by atoms with van der Waals surface area (Å²) < 4.78 is 0. The Labute approximate surface area is 97.7 Å². The van der Waals surface area contributed by atoms with Crippen LogP contribution >= 0.6 is 0 Å². The van der Waals surface area contributed by atoms with Gasteiger partial charge in [-0.1, -0.05) is 13.0 Å². The van der Waals surface area contributed by atoms with Gasteiger partial charge in [-0.25, -0.2) is 0 Å². The second-order valence-corrected chi connectivity index (χ2v) is 3.18. The van der Waals surface area contributed by atoms with E-state index < -0.39 is 5.41 Å². The molecule has 0 radical (unpaired) electrons. The van der Waals surface area contributed by atoms with E-state index in [0.717, 1.165) is 0 Å². The SMILES string of the molecule is C=CC.CCC(CO)(CO)CO.OCCO. The van der Waals surface area contributed by atoms with Crippen LogP contribution in [0.4, 0.5) is 0 Å². The zero-order valence-electron chi connectivity index (χ0n) is 10.3. The third-order valence-corrected chi connectivity index (χ3v) is 1.86. The summed E-state index contributed by atoms with van der Waals surface area (Å²) in [5.41, 5.74) is -0.667. The Hall–Kier alpha value is -0.460. The van der Waals surface area contributed by atoms with Gasteiger partial charge in [0.15, 0.2) is 0 Å². The van der Waals surface area contributed by atoms with Crippen molar-refractivity contribution >= 4 is 0 Å². The second-order valence-electron chi connectivity index (χ2n) is 3.18. The molecule has 16 heavy (non-hydrogen) atoms. The number of hydrogen-bond acceptors (Lipinski definition) is 5. The molecule has 5 heteroatoms. The predicted octanol–water partition coefficient (Wildman–Crippen LogP) is -0.477. The molecule has 5 N–H and O–H groups in total. The molecule has 0 atom stereocenters. The molecule has 0 saturated heterocycles. The van der Waals surface area contributed by atoms with E-state index >= 15 is 0 Å². The van der Waals surface area contributed by atoms with Crippen LogP contribution in [0.15, 0.2) is 12.7 Å². The number of hydrogen-bond donors (Lipinski definition) is 5. The standard InChI is InChI=1S/C6H14O3.C3H6.C2H6O2/c1-2-6(3-7,4-8)5-9;1-3-2;3-1-2-4/h7-9H,2-5H2,1H3;3H,1H2,2H3;3-4H,1-2H2. The minimum atomic E-state index is -0.667. The van der Waals surface area contributed by atoms with Crippen molar-refractivity contribution in [2.45, 2.75) is 20.3 Å². The van der Waals surface area contributed by atoms with Gasteiger partial charge in [-0.3, -0.25) is 0 Å². The summed E-state index contributed by atoms with van der Waals surface area (Å²) in [5, 5.41) is 41.2. The summed E-state index contributed by atoms with van der Waals surface area (Å²) >= 11 is 0. The number of aliphatic hydroxyl groups is 5. The van der Waals surface area contributed by atoms with Gasteiger partial charge in [-0.15, -0.1) is 6.58 Å². The summed E-state index contributed by atoms with van der Waals surface area (Å²) in [6.45, 7) is 6.35. The Morgan fingerprint density at radius 3 is 1.19 bits per heavy atom. The highest BCUT2D eigenvalue weighted by Crippen LogP contribution is 2.18. The largest absolute Gasteiger partial charge is 0.396 e. The summed E-state index contributed by atoms with van der Waals surface area (Å²) in [5.74, 6) is 0. The zero-order valence-corrected chi connectivity index (χ0v) is 10.3. The van der Waals surface area contributed by atoms with Gasteiger partial charge in [-0.2, -0.15) is 0 Å². The van der Waals surface area contributed by atoms with E-state index in [2.05, 4.69) is 6.58 Å². The minimum Gasteiger partial charge on any atom is -0.396 e. The third kappa shape index (κ3) is 13.5. The molecule has 0 aromatic rings. The Kier molecular flexibility index (Phi) is 22.1. The normalized spacial score (nSPS) is 9.44. The lowest BCUT2D eigenvalue weighted by Crippen LogP contribution is -2.32. The molecule has 0 aliphatic rings. The molecule has 0 amide bonds. The van der Waals surface area contributed by atoms with Crippen LogP contribution in [0.1, 0.15) is 20.3 Å². The zero-order chi connectivity index (χ0) is 13.4. The first kappa shape index (κ1) is 20.9. The molecule has 0 aromatic heterocycles. The second kappa shape index (κ2) is 17.0. The third-order valence-electron chi connectivity index (χ3n) is 1.86. The first-order valence-electron chi connectivity index (χ1n) is 5.19. The number of aliphatic hydroxyl groups excluding tert-OH is 5. The van der Waals surface area contributed by atoms with Gasteiger partial charge in [0, 0.05) is 5.41 Å². The monoisotopic (exact) mass is 238 g/mol. The first-order valence-corrected chi connectivity index (χ1v) is 5.19. The Balaban J connectivity index is -0.000000201. The van der Waals surface area contributed by atoms with E-state index in [1.807, 2.05) is 13.8 Å². The van der Waals surface area contributed by atoms with Crippen molar-refractivity contribution in [2.24, 2.45) is 5.41 Å². The smallest absolute Gasteiger partial charge is 0.0662 e. The Morgan fingerprint density at radius 1 is 0.938 bits per heavy atom. The highest BCUT2D eigenvalue weighted by atomic mass is 16.3. The molecule has 0 fully saturated rings. The van der Waals surface area contributed by atoms with Crippen LogP contribution < -0.4 is 0 Å². The average molecular weight is 238 g/mol. The molecule has 5 nitrogen and oxygen atoms in total. The van der Waals surface area contributed by atoms with Gasteiger partial charge in [0.25, 0.3) is 0 Å². The quantitative estimate of drug-likeness (QED) is 0.417. The summed E-state index contributed by atoms with van der Waals surface area (Å²) in [6, 6.07) is 0. The van der Waals surface area contributed by atoms with Crippen LogP contribution in [0, 0.1) is 5.41 Å². The molecule has 100 valence electrons. The number of rotatable bonds is 5. The maximum Gasteiger partial charge on any atom is 0.0662 e. The summed E-state index contributed by atoms with van der Waals surface area (Å²) in [7, 11) is 0. The van der Waals surface area contributed by atoms with Gasteiger partial charge >= 0.3 is 0 Å². The van der Waals surface area contributed by atoms with E-state index in [1.165, 1.54) is 0 Å². The van der Waals surface area contributed by atoms with Crippen molar-refractivity contribution in [3.63, 3.8) is 0 Å². The maximum atomic E-state index is 8.66. The van der Waals surface area contributed by atoms with E-state index in [4.69, 9.17) is 25.5 Å². The van der Waals surface area contributed by atoms with Crippen LogP contribution in [0.3, 0.4) is 0 Å². The number of allylic oxidation sites excluding steroid dienone is 1. The molecule has 0 bridgehead atoms. The molecular weight excluding hydrogens is 212 g/mol. The van der Waals surface area contributed by atoms with E-state index in [-0.39, 0.29) is 33.0 Å². The van der Waals surface area contributed by atoms with Crippen molar-refractivity contribution in [3.05, 3.63) is 12.7 Å². The summed E-state index contributed by atoms with van der Waals surface area (Å²) in [6.07, 6.45) is 2.34. The fourth-order valence-electron chi connectivity index (χ4n) is 0.485. The van der Waals surface area contributed by atoms with Crippen molar-refractivity contribution in [3.8, 4) is 0 Å². The lowest BCUT2D eigenvalue weighted by atomic mass is 9.88. The highest BCUT2D eigenvalue weighted by Gasteiger charge is 2.24. The molecule has 0 aromatic carbocycles. The summed E-state index contributed by atoms with van der Waals surface area (Å²) in [4.78, 5) is 0. The fourth-order valence-corrected chi connectivity index (χ4v) is 0.485. The molecule has 0 spiro atoms. The average Bonchev–Trinajstić information content (AvgIpc) is 2.34. The van der Waals surface area contributed by atoms with E-state index in [9.17, 15) is 0 Å². The van der Waals surface area contributed by atoms with E-state index in [1.54, 1.807) is 6.08 Å². The van der Waals surface area contributed by atoms with Gasteiger partial charge in [0.2, 0.25) is 0 Å². The van der Waals surface area contributed by atoms with Crippen LogP contribution in [-0.2, 0) is 0 Å². The fraction of sp³-hybridized carbons (Fsp3) is 0.818. The van der Waals surface area contributed by atoms with Gasteiger partial charge in [0.1, 0.15) is 0 Å². The molecule has 0 aliphatic heterocycles. The van der Waals surface area contributed by atoms with Crippen LogP contribution in [0.25, 0.3) is 0 Å². The molecule has 0 unspecified atom stereocenters. The van der Waals surface area contributed by atoms with Gasteiger partial charge in [0.05, 0.1) is 33.0 Å². The molecular formula is C11H26O5. The van der Waals surface area contributed by atoms with E-state index in [0.29, 0.717) is 6.42 Å². The van der Waals surface area contributed by atoms with Crippen molar-refractivity contribution in [1.29, 1.82) is 0 Å². The van der Waals surface area contributed by atoms with Crippen LogP contribution in [-0.4, -0.2) is 58.6 Å². The van der Waals surface area contributed by atoms with Crippen molar-refractivity contribution in [1.82, 2.24) is 0 Å². The van der Waals surface area contributed by atoms with Gasteiger partial charge < -0.3 is 25.5 Å². The van der Waals surface area contributed by atoms with Crippen molar-refractivity contribution in [2.75, 3.05) is 33.0 Å². The predicted molar refractivity (Wildman–Crippen MR) is 64.0 cm³/mol. The molecule has 0 aliphatic carbocycles.